The second-order valence-corrected chi connectivity index (χ2v) is 8.71. The van der Waals surface area contributed by atoms with Gasteiger partial charge in [-0.15, -0.1) is 0 Å². The molecule has 2 N–H and O–H groups in total. The molecule has 116 valence electrons. The Morgan fingerprint density at radius 1 is 1.24 bits per heavy atom. The van der Waals surface area contributed by atoms with Crippen molar-refractivity contribution in [2.24, 2.45) is 0 Å². The third-order valence-electron chi connectivity index (χ3n) is 4.10. The Kier molecular flexibility index (Phi) is 4.59. The third kappa shape index (κ3) is 3.80. The van der Waals surface area contributed by atoms with Crippen molar-refractivity contribution in [1.82, 2.24) is 10.0 Å². The molecule has 2 fully saturated rings. The van der Waals surface area contributed by atoms with Gasteiger partial charge in [-0.3, -0.25) is 0 Å². The van der Waals surface area contributed by atoms with Crippen molar-refractivity contribution in [2.75, 3.05) is 11.5 Å². The van der Waals surface area contributed by atoms with Crippen molar-refractivity contribution >= 4 is 21.8 Å². The van der Waals surface area contributed by atoms with Crippen molar-refractivity contribution in [2.45, 2.75) is 49.7 Å². The molecule has 0 aromatic heterocycles. The largest absolute Gasteiger partial charge is 0.310 e. The number of hydrogen-bond acceptors (Lipinski definition) is 4. The number of thioether (sulfide) groups is 1. The summed E-state index contributed by atoms with van der Waals surface area (Å²) in [6.07, 6.45) is 3.39. The Hall–Kier alpha value is -0.560. The summed E-state index contributed by atoms with van der Waals surface area (Å²) in [5, 5.41) is 3.45. The van der Waals surface area contributed by atoms with Gasteiger partial charge in [-0.1, -0.05) is 12.1 Å². The van der Waals surface area contributed by atoms with Crippen LogP contribution in [0.3, 0.4) is 0 Å². The Balaban J connectivity index is 1.77. The molecule has 1 atom stereocenters. The van der Waals surface area contributed by atoms with E-state index in [0.717, 1.165) is 35.6 Å². The molecule has 6 heteroatoms. The fourth-order valence-corrected chi connectivity index (χ4v) is 5.41. The summed E-state index contributed by atoms with van der Waals surface area (Å²) < 4.78 is 28.0. The van der Waals surface area contributed by atoms with Gasteiger partial charge < -0.3 is 5.32 Å². The van der Waals surface area contributed by atoms with Crippen LogP contribution in [0.1, 0.15) is 30.4 Å². The second kappa shape index (κ2) is 6.28. The molecule has 0 bridgehead atoms. The molecule has 0 spiro atoms. The van der Waals surface area contributed by atoms with Crippen LogP contribution >= 0.6 is 11.8 Å². The average molecular weight is 326 g/mol. The van der Waals surface area contributed by atoms with Gasteiger partial charge in [-0.25, -0.2) is 13.1 Å². The molecule has 1 saturated carbocycles. The quantitative estimate of drug-likeness (QED) is 0.840. The molecule has 21 heavy (non-hydrogen) atoms. The van der Waals surface area contributed by atoms with Crippen LogP contribution in [0.2, 0.25) is 0 Å². The first-order valence-corrected chi connectivity index (χ1v) is 10.1. The van der Waals surface area contributed by atoms with Crippen molar-refractivity contribution in [3.8, 4) is 0 Å². The number of rotatable bonds is 6. The van der Waals surface area contributed by atoms with Gasteiger partial charge in [0, 0.05) is 24.4 Å². The van der Waals surface area contributed by atoms with Crippen molar-refractivity contribution in [3.63, 3.8) is 0 Å². The Morgan fingerprint density at radius 2 is 2.05 bits per heavy atom. The summed E-state index contributed by atoms with van der Waals surface area (Å²) in [5.41, 5.74) is 1.94. The topological polar surface area (TPSA) is 58.2 Å². The first kappa shape index (κ1) is 15.3. The number of benzene rings is 1. The van der Waals surface area contributed by atoms with E-state index in [-0.39, 0.29) is 6.04 Å². The van der Waals surface area contributed by atoms with Crippen LogP contribution in [-0.2, 0) is 16.6 Å². The average Bonchev–Trinajstić information content (AvgIpc) is 3.14. The Labute approximate surface area is 131 Å². The van der Waals surface area contributed by atoms with Gasteiger partial charge in [-0.2, -0.15) is 11.8 Å². The van der Waals surface area contributed by atoms with Crippen LogP contribution in [0.25, 0.3) is 0 Å². The zero-order valence-corrected chi connectivity index (χ0v) is 13.9. The number of nitrogens with one attached hydrogen (secondary N) is 2. The monoisotopic (exact) mass is 326 g/mol. The molecular weight excluding hydrogens is 304 g/mol. The summed E-state index contributed by atoms with van der Waals surface area (Å²) in [7, 11) is -3.41. The minimum atomic E-state index is -3.41. The number of sulfonamides is 1. The maximum absolute atomic E-state index is 12.6. The molecule has 1 heterocycles. The van der Waals surface area contributed by atoms with Crippen molar-refractivity contribution in [3.05, 3.63) is 29.3 Å². The lowest BCUT2D eigenvalue weighted by atomic mass is 10.1. The van der Waals surface area contributed by atoms with Crippen molar-refractivity contribution in [1.29, 1.82) is 0 Å². The molecule has 1 aliphatic carbocycles. The van der Waals surface area contributed by atoms with E-state index < -0.39 is 10.0 Å². The van der Waals surface area contributed by atoms with Crippen LogP contribution in [-0.4, -0.2) is 32.0 Å². The predicted molar refractivity (Wildman–Crippen MR) is 87.1 cm³/mol. The highest BCUT2D eigenvalue weighted by atomic mass is 32.2. The molecule has 1 aromatic carbocycles. The molecule has 1 aliphatic heterocycles. The van der Waals surface area contributed by atoms with E-state index >= 15 is 0 Å². The molecule has 0 amide bonds. The van der Waals surface area contributed by atoms with Crippen LogP contribution in [0.15, 0.2) is 23.1 Å². The lowest BCUT2D eigenvalue weighted by Gasteiger charge is -2.16. The van der Waals surface area contributed by atoms with E-state index in [2.05, 4.69) is 10.0 Å². The molecule has 1 aromatic rings. The maximum Gasteiger partial charge on any atom is 0.241 e. The van der Waals surface area contributed by atoms with Gasteiger partial charge in [0.2, 0.25) is 10.0 Å². The summed E-state index contributed by atoms with van der Waals surface area (Å²) >= 11 is 1.81. The van der Waals surface area contributed by atoms with Crippen molar-refractivity contribution < 1.29 is 8.42 Å². The van der Waals surface area contributed by atoms with Gasteiger partial charge in [0.15, 0.2) is 0 Å². The summed E-state index contributed by atoms with van der Waals surface area (Å²) in [6.45, 7) is 2.65. The van der Waals surface area contributed by atoms with E-state index in [4.69, 9.17) is 0 Å². The second-order valence-electron chi connectivity index (χ2n) is 5.88. The molecule has 3 rings (SSSR count). The molecule has 1 unspecified atom stereocenters. The zero-order chi connectivity index (χ0) is 14.9. The highest BCUT2D eigenvalue weighted by Gasteiger charge is 2.25. The van der Waals surface area contributed by atoms with Crippen LogP contribution in [0.4, 0.5) is 0 Å². The third-order valence-corrected chi connectivity index (χ3v) is 6.92. The summed E-state index contributed by atoms with van der Waals surface area (Å²) in [5.74, 6) is 1.92. The molecule has 4 nitrogen and oxygen atoms in total. The standard InChI is InChI=1S/C15H22N2O2S2/c1-11-12(9-16-13-5-6-13)3-2-4-15(11)21(18,19)17-14-7-8-20-10-14/h2-4,13-14,16-17H,5-10H2,1H3. The van der Waals surface area contributed by atoms with E-state index in [1.54, 1.807) is 17.8 Å². The minimum absolute atomic E-state index is 0.0765. The van der Waals surface area contributed by atoms with Gasteiger partial charge in [0.05, 0.1) is 4.90 Å². The normalized spacial score (nSPS) is 22.6. The first-order chi connectivity index (χ1) is 10.1. The summed E-state index contributed by atoms with van der Waals surface area (Å²) in [6, 6.07) is 6.26. The fraction of sp³-hybridized carbons (Fsp3) is 0.600. The van der Waals surface area contributed by atoms with E-state index in [0.29, 0.717) is 10.9 Å². The highest BCUT2D eigenvalue weighted by molar-refractivity contribution is 7.99. The SMILES string of the molecule is Cc1c(CNC2CC2)cccc1S(=O)(=O)NC1CCSC1. The van der Waals surface area contributed by atoms with Gasteiger partial charge in [0.25, 0.3) is 0 Å². The van der Waals surface area contributed by atoms with Gasteiger partial charge >= 0.3 is 0 Å². The van der Waals surface area contributed by atoms with Crippen LogP contribution < -0.4 is 10.0 Å². The van der Waals surface area contributed by atoms with Gasteiger partial charge in [0.1, 0.15) is 0 Å². The van der Waals surface area contributed by atoms with Gasteiger partial charge in [-0.05, 0) is 49.1 Å². The Morgan fingerprint density at radius 3 is 2.71 bits per heavy atom. The summed E-state index contributed by atoms with van der Waals surface area (Å²) in [4.78, 5) is 0.425. The molecule has 1 saturated heterocycles. The van der Waals surface area contributed by atoms with E-state index in [9.17, 15) is 8.42 Å². The molecule has 2 aliphatic rings. The molecular formula is C15H22N2O2S2. The van der Waals surface area contributed by atoms with Crippen LogP contribution in [0.5, 0.6) is 0 Å². The zero-order valence-electron chi connectivity index (χ0n) is 12.3. The predicted octanol–water partition coefficient (Wildman–Crippen LogP) is 2.03. The lowest BCUT2D eigenvalue weighted by Crippen LogP contribution is -2.35. The van der Waals surface area contributed by atoms with E-state index in [1.165, 1.54) is 12.8 Å². The minimum Gasteiger partial charge on any atom is -0.310 e. The van der Waals surface area contributed by atoms with E-state index in [1.807, 2.05) is 19.1 Å². The Bertz CT molecular complexity index is 606. The van der Waals surface area contributed by atoms with Crippen LogP contribution in [0, 0.1) is 6.92 Å². The first-order valence-electron chi connectivity index (χ1n) is 7.48. The number of hydrogen-bond donors (Lipinski definition) is 2. The smallest absolute Gasteiger partial charge is 0.241 e. The molecule has 0 radical (unpaired) electrons. The fourth-order valence-electron chi connectivity index (χ4n) is 2.59. The highest BCUT2D eigenvalue weighted by Crippen LogP contribution is 2.24. The maximum atomic E-state index is 12.6. The lowest BCUT2D eigenvalue weighted by molar-refractivity contribution is 0.562.